The number of benzene rings is 2. The fourth-order valence-electron chi connectivity index (χ4n) is 4.94. The molecule has 0 aromatic heterocycles. The fraction of sp³-hybridized carbons (Fsp3) is 0.464. The van der Waals surface area contributed by atoms with Crippen molar-refractivity contribution in [2.75, 3.05) is 26.1 Å². The van der Waals surface area contributed by atoms with Gasteiger partial charge in [0.25, 0.3) is 18.9 Å². The van der Waals surface area contributed by atoms with E-state index in [9.17, 15) is 22.8 Å². The van der Waals surface area contributed by atoms with Crippen molar-refractivity contribution in [3.63, 3.8) is 0 Å². The summed E-state index contributed by atoms with van der Waals surface area (Å²) < 4.78 is 42.9. The van der Waals surface area contributed by atoms with Crippen LogP contribution in [0.4, 0.5) is 0 Å². The molecule has 39 heavy (non-hydrogen) atoms. The number of hydrogen-bond donors (Lipinski definition) is 2. The molecule has 2 atom stereocenters. The van der Waals surface area contributed by atoms with Gasteiger partial charge in [0.15, 0.2) is 9.84 Å². The van der Waals surface area contributed by atoms with Crippen LogP contribution in [0.15, 0.2) is 47.4 Å². The first kappa shape index (κ1) is 30.1. The highest BCUT2D eigenvalue weighted by molar-refractivity contribution is 7.91. The van der Waals surface area contributed by atoms with E-state index >= 15 is 0 Å². The number of rotatable bonds is 14. The van der Waals surface area contributed by atoms with Gasteiger partial charge in [-0.1, -0.05) is 57.0 Å². The van der Waals surface area contributed by atoms with Gasteiger partial charge in [0.05, 0.1) is 35.4 Å². The Morgan fingerprint density at radius 3 is 2.36 bits per heavy atom. The molecule has 10 nitrogen and oxygen atoms in total. The second kappa shape index (κ2) is 13.6. The lowest BCUT2D eigenvalue weighted by molar-refractivity contribution is -0.132. The van der Waals surface area contributed by atoms with E-state index in [-0.39, 0.29) is 48.1 Å². The van der Waals surface area contributed by atoms with Gasteiger partial charge in [0, 0.05) is 5.54 Å². The van der Waals surface area contributed by atoms with Crippen LogP contribution in [0.5, 0.6) is 5.75 Å². The number of sulfone groups is 1. The summed E-state index contributed by atoms with van der Waals surface area (Å²) in [6.07, 6.45) is 3.06. The zero-order valence-corrected chi connectivity index (χ0v) is 23.3. The summed E-state index contributed by atoms with van der Waals surface area (Å²) in [5, 5.41) is 6.31. The van der Waals surface area contributed by atoms with Crippen LogP contribution >= 0.6 is 0 Å². The molecule has 1 aliphatic rings. The highest BCUT2D eigenvalue weighted by atomic mass is 32.2. The average molecular weight is 561 g/mol. The van der Waals surface area contributed by atoms with Crippen LogP contribution in [-0.4, -0.2) is 64.9 Å². The minimum atomic E-state index is -3.85. The predicted molar refractivity (Wildman–Crippen MR) is 144 cm³/mol. The van der Waals surface area contributed by atoms with Crippen LogP contribution in [0.25, 0.3) is 0 Å². The number of unbranched alkanes of at least 4 members (excludes halogenated alkanes) is 1. The number of hydrogen-bond acceptors (Lipinski definition) is 9. The van der Waals surface area contributed by atoms with E-state index in [1.807, 2.05) is 37.3 Å². The summed E-state index contributed by atoms with van der Waals surface area (Å²) in [6.45, 7) is 3.99. The van der Waals surface area contributed by atoms with E-state index in [4.69, 9.17) is 14.2 Å². The van der Waals surface area contributed by atoms with Crippen molar-refractivity contribution in [1.29, 1.82) is 0 Å². The van der Waals surface area contributed by atoms with Crippen LogP contribution < -0.4 is 15.4 Å². The number of carbonyl (C=O) groups is 3. The van der Waals surface area contributed by atoms with Crippen LogP contribution in [0.2, 0.25) is 0 Å². The highest BCUT2D eigenvalue weighted by Gasteiger charge is 2.42. The van der Waals surface area contributed by atoms with E-state index in [1.54, 1.807) is 6.07 Å². The Morgan fingerprint density at radius 1 is 1.13 bits per heavy atom. The van der Waals surface area contributed by atoms with Gasteiger partial charge in [-0.25, -0.2) is 8.42 Å². The molecule has 0 radical (unpaired) electrons. The Hall–Kier alpha value is -3.44. The third-order valence-corrected chi connectivity index (χ3v) is 8.98. The maximum atomic E-state index is 14.0. The Labute approximate surface area is 229 Å². The lowest BCUT2D eigenvalue weighted by Crippen LogP contribution is -2.50. The minimum Gasteiger partial charge on any atom is -0.496 e. The fourth-order valence-corrected chi connectivity index (χ4v) is 7.09. The number of amides is 1. The van der Waals surface area contributed by atoms with Crippen LogP contribution in [0, 0.1) is 0 Å². The van der Waals surface area contributed by atoms with Crippen molar-refractivity contribution >= 4 is 28.7 Å². The molecule has 0 bridgehead atoms. The Morgan fingerprint density at radius 2 is 1.79 bits per heavy atom. The number of nitrogens with one attached hydrogen (secondary N) is 2. The molecule has 2 aromatic carbocycles. The van der Waals surface area contributed by atoms with Gasteiger partial charge in [-0.05, 0) is 36.1 Å². The van der Waals surface area contributed by atoms with Crippen molar-refractivity contribution in [3.05, 3.63) is 59.2 Å². The molecule has 11 heteroatoms. The second-order valence-corrected chi connectivity index (χ2v) is 11.6. The molecule has 0 unspecified atom stereocenters. The number of carbonyl (C=O) groups excluding carboxylic acids is 3. The second-order valence-electron chi connectivity index (χ2n) is 9.60. The zero-order chi connectivity index (χ0) is 28.5. The Balaban J connectivity index is 2.15. The van der Waals surface area contributed by atoms with E-state index in [0.717, 1.165) is 18.4 Å². The SMILES string of the molecule is CCCC[C@]1(CC)CS(=O)(=O)c2cc(C(=O)NC(COC=O)COC=O)c(OC)cc2[C@@H](c2ccccc2)N1. The van der Waals surface area contributed by atoms with Gasteiger partial charge >= 0.3 is 0 Å². The largest absolute Gasteiger partial charge is 0.496 e. The highest BCUT2D eigenvalue weighted by Crippen LogP contribution is 2.40. The van der Waals surface area contributed by atoms with Crippen molar-refractivity contribution in [2.24, 2.45) is 0 Å². The van der Waals surface area contributed by atoms with Gasteiger partial charge in [-0.3, -0.25) is 19.7 Å². The summed E-state index contributed by atoms with van der Waals surface area (Å²) in [7, 11) is -2.45. The molecule has 1 amide bonds. The molecule has 0 saturated heterocycles. The van der Waals surface area contributed by atoms with E-state index in [2.05, 4.69) is 17.6 Å². The van der Waals surface area contributed by atoms with Gasteiger partial charge in [-0.15, -0.1) is 0 Å². The van der Waals surface area contributed by atoms with E-state index < -0.39 is 33.4 Å². The number of ether oxygens (including phenoxy) is 3. The molecule has 0 saturated carbocycles. The summed E-state index contributed by atoms with van der Waals surface area (Å²) in [6, 6.07) is 11.2. The monoisotopic (exact) mass is 560 g/mol. The normalized spacial score (nSPS) is 19.8. The summed E-state index contributed by atoms with van der Waals surface area (Å²) in [4.78, 5) is 34.7. The minimum absolute atomic E-state index is 0.00796. The standard InChI is InChI=1S/C28H36N2O8S/c1-4-6-12-28(5-2)17-39(34,35)25-14-22(27(33)29-21(15-37-18-31)16-38-19-32)24(36-3)13-23(25)26(30-28)20-10-8-7-9-11-20/h7-11,13-14,18-19,21,26,30H,4-6,12,15-17H2,1-3H3,(H,29,33)/t26-,28-/m1/s1. The first-order chi connectivity index (χ1) is 18.7. The summed E-state index contributed by atoms with van der Waals surface area (Å²) in [5.41, 5.74) is 0.701. The topological polar surface area (TPSA) is 137 Å². The molecule has 2 aromatic rings. The van der Waals surface area contributed by atoms with Crippen molar-refractivity contribution in [2.45, 2.75) is 62.0 Å². The maximum Gasteiger partial charge on any atom is 0.293 e. The predicted octanol–water partition coefficient (Wildman–Crippen LogP) is 2.94. The first-order valence-corrected chi connectivity index (χ1v) is 14.6. The molecule has 0 aliphatic carbocycles. The first-order valence-electron chi connectivity index (χ1n) is 12.9. The molecule has 1 aliphatic heterocycles. The van der Waals surface area contributed by atoms with Gasteiger partial charge < -0.3 is 19.5 Å². The van der Waals surface area contributed by atoms with E-state index in [0.29, 0.717) is 18.4 Å². The average Bonchev–Trinajstić information content (AvgIpc) is 3.04. The molecule has 212 valence electrons. The molecule has 2 N–H and O–H groups in total. The molecular formula is C28H36N2O8S. The van der Waals surface area contributed by atoms with Crippen molar-refractivity contribution in [3.8, 4) is 5.75 Å². The lowest BCUT2D eigenvalue weighted by atomic mass is 9.88. The van der Waals surface area contributed by atoms with Crippen LogP contribution in [0.1, 0.15) is 67.1 Å². The lowest BCUT2D eigenvalue weighted by Gasteiger charge is -2.36. The summed E-state index contributed by atoms with van der Waals surface area (Å²) in [5.74, 6) is -0.614. The quantitative estimate of drug-likeness (QED) is 0.334. The molecular weight excluding hydrogens is 524 g/mol. The number of methoxy groups -OCH3 is 1. The molecule has 0 spiro atoms. The maximum absolute atomic E-state index is 14.0. The number of fused-ring (bicyclic) bond motifs is 1. The van der Waals surface area contributed by atoms with Gasteiger partial charge in [0.2, 0.25) is 0 Å². The van der Waals surface area contributed by atoms with Crippen LogP contribution in [-0.2, 0) is 28.9 Å². The third-order valence-electron chi connectivity index (χ3n) is 7.02. The van der Waals surface area contributed by atoms with Crippen LogP contribution in [0.3, 0.4) is 0 Å². The van der Waals surface area contributed by atoms with Crippen molar-refractivity contribution < 1.29 is 37.0 Å². The molecule has 0 fully saturated rings. The van der Waals surface area contributed by atoms with Gasteiger partial charge in [-0.2, -0.15) is 0 Å². The smallest absolute Gasteiger partial charge is 0.293 e. The Kier molecular flexibility index (Phi) is 10.5. The zero-order valence-electron chi connectivity index (χ0n) is 22.5. The Bertz CT molecular complexity index is 1240. The van der Waals surface area contributed by atoms with Gasteiger partial charge in [0.1, 0.15) is 19.0 Å². The molecule has 3 rings (SSSR count). The van der Waals surface area contributed by atoms with Crippen molar-refractivity contribution in [1.82, 2.24) is 10.6 Å². The molecule has 1 heterocycles. The third kappa shape index (κ3) is 7.15. The van der Waals surface area contributed by atoms with E-state index in [1.165, 1.54) is 13.2 Å². The summed E-state index contributed by atoms with van der Waals surface area (Å²) >= 11 is 0.